The van der Waals surface area contributed by atoms with Crippen LogP contribution in [0.4, 0.5) is 5.69 Å². The number of nitro benzene ring substituents is 1. The topological polar surface area (TPSA) is 78.7 Å². The molecule has 96 valence electrons. The van der Waals surface area contributed by atoms with Crippen LogP contribution in [-0.4, -0.2) is 30.2 Å². The first-order valence-electron chi connectivity index (χ1n) is 4.91. The Labute approximate surface area is 112 Å². The van der Waals surface area contributed by atoms with Gasteiger partial charge in [0.05, 0.1) is 28.7 Å². The van der Waals surface area contributed by atoms with Gasteiger partial charge in [-0.15, -0.1) is 0 Å². The van der Waals surface area contributed by atoms with Crippen LogP contribution in [0, 0.1) is 10.1 Å². The van der Waals surface area contributed by atoms with E-state index in [4.69, 9.17) is 32.7 Å². The number of carbonyl (C=O) groups is 1. The van der Waals surface area contributed by atoms with Crippen LogP contribution in [0.25, 0.3) is 0 Å². The predicted molar refractivity (Wildman–Crippen MR) is 63.1 cm³/mol. The Hall–Kier alpha value is -1.37. The number of hydrogen-bond donors (Lipinski definition) is 0. The zero-order valence-electron chi connectivity index (χ0n) is 8.89. The number of rotatable bonds is 3. The van der Waals surface area contributed by atoms with E-state index in [-0.39, 0.29) is 21.7 Å². The fourth-order valence-corrected chi connectivity index (χ4v) is 1.72. The van der Waals surface area contributed by atoms with Gasteiger partial charge in [0.2, 0.25) is 0 Å². The van der Waals surface area contributed by atoms with Crippen LogP contribution in [-0.2, 0) is 9.47 Å². The molecular formula is C10H7Cl2NO5. The Balaban J connectivity index is 2.27. The second-order valence-corrected chi connectivity index (χ2v) is 4.40. The van der Waals surface area contributed by atoms with E-state index in [2.05, 4.69) is 0 Å². The van der Waals surface area contributed by atoms with Crippen LogP contribution < -0.4 is 0 Å². The Morgan fingerprint density at radius 1 is 1.44 bits per heavy atom. The Bertz CT molecular complexity index is 515. The second kappa shape index (κ2) is 5.09. The molecule has 0 N–H and O–H groups in total. The third kappa shape index (κ3) is 2.55. The summed E-state index contributed by atoms with van der Waals surface area (Å²) in [6.45, 7) is 0.657. The maximum atomic E-state index is 11.7. The van der Waals surface area contributed by atoms with Crippen LogP contribution in [0.5, 0.6) is 0 Å². The number of nitrogens with zero attached hydrogens (tertiary/aromatic N) is 1. The van der Waals surface area contributed by atoms with Crippen LogP contribution in [0.15, 0.2) is 12.1 Å². The monoisotopic (exact) mass is 291 g/mol. The molecule has 1 aromatic rings. The van der Waals surface area contributed by atoms with Gasteiger partial charge in [-0.05, 0) is 6.07 Å². The van der Waals surface area contributed by atoms with E-state index in [1.165, 1.54) is 6.07 Å². The zero-order valence-corrected chi connectivity index (χ0v) is 10.4. The summed E-state index contributed by atoms with van der Waals surface area (Å²) in [6, 6.07) is 2.27. The quantitative estimate of drug-likeness (QED) is 0.485. The Morgan fingerprint density at radius 2 is 2.11 bits per heavy atom. The first-order chi connectivity index (χ1) is 8.49. The Morgan fingerprint density at radius 3 is 2.61 bits per heavy atom. The molecule has 1 heterocycles. The van der Waals surface area contributed by atoms with Crippen LogP contribution in [0.1, 0.15) is 10.4 Å². The molecule has 6 nitrogen and oxygen atoms in total. The molecule has 1 saturated heterocycles. The number of ether oxygens (including phenoxy) is 2. The lowest BCUT2D eigenvalue weighted by Crippen LogP contribution is -2.37. The molecule has 8 heteroatoms. The van der Waals surface area contributed by atoms with Gasteiger partial charge in [-0.25, -0.2) is 4.79 Å². The molecule has 0 aromatic heterocycles. The summed E-state index contributed by atoms with van der Waals surface area (Å²) in [5.41, 5.74) is -0.441. The molecular weight excluding hydrogens is 285 g/mol. The minimum atomic E-state index is -0.711. The van der Waals surface area contributed by atoms with Gasteiger partial charge < -0.3 is 9.47 Å². The van der Waals surface area contributed by atoms with Crippen molar-refractivity contribution in [1.29, 1.82) is 0 Å². The summed E-state index contributed by atoms with van der Waals surface area (Å²) in [5, 5.41) is 10.5. The summed E-state index contributed by atoms with van der Waals surface area (Å²) in [5.74, 6) is -0.690. The maximum Gasteiger partial charge on any atom is 0.338 e. The van der Waals surface area contributed by atoms with Crippen molar-refractivity contribution in [3.8, 4) is 0 Å². The van der Waals surface area contributed by atoms with Crippen molar-refractivity contribution in [3.63, 3.8) is 0 Å². The lowest BCUT2D eigenvalue weighted by atomic mass is 10.2. The second-order valence-electron chi connectivity index (χ2n) is 3.61. The molecule has 18 heavy (non-hydrogen) atoms. The predicted octanol–water partition coefficient (Wildman–Crippen LogP) is 2.46. The average Bonchev–Trinajstić information content (AvgIpc) is 2.26. The van der Waals surface area contributed by atoms with Crippen molar-refractivity contribution < 1.29 is 19.2 Å². The molecule has 2 rings (SSSR count). The van der Waals surface area contributed by atoms with Gasteiger partial charge in [-0.1, -0.05) is 23.2 Å². The van der Waals surface area contributed by atoms with Gasteiger partial charge in [-0.2, -0.15) is 0 Å². The molecule has 1 aromatic carbocycles. The van der Waals surface area contributed by atoms with Gasteiger partial charge in [0.1, 0.15) is 11.1 Å². The van der Waals surface area contributed by atoms with Crippen molar-refractivity contribution >= 4 is 34.9 Å². The SMILES string of the molecule is O=C(OC1COC1)c1cc(Cl)c(Cl)c([N+](=O)[O-])c1. The molecule has 1 fully saturated rings. The molecule has 0 radical (unpaired) electrons. The molecule has 0 atom stereocenters. The van der Waals surface area contributed by atoms with Gasteiger partial charge in [-0.3, -0.25) is 10.1 Å². The first-order valence-corrected chi connectivity index (χ1v) is 5.67. The summed E-state index contributed by atoms with van der Waals surface area (Å²) in [7, 11) is 0. The smallest absolute Gasteiger partial charge is 0.338 e. The van der Waals surface area contributed by atoms with Crippen LogP contribution in [0.3, 0.4) is 0 Å². The number of nitro groups is 1. The highest BCUT2D eigenvalue weighted by Crippen LogP contribution is 2.33. The molecule has 0 spiro atoms. The summed E-state index contributed by atoms with van der Waals surface area (Å²) in [6.07, 6.45) is -0.314. The lowest BCUT2D eigenvalue weighted by Gasteiger charge is -2.25. The molecule has 1 aliphatic rings. The normalized spacial score (nSPS) is 15.0. The van der Waals surface area contributed by atoms with Crippen LogP contribution >= 0.6 is 23.2 Å². The van der Waals surface area contributed by atoms with Crippen molar-refractivity contribution in [2.75, 3.05) is 13.2 Å². The number of hydrogen-bond acceptors (Lipinski definition) is 5. The average molecular weight is 292 g/mol. The highest BCUT2D eigenvalue weighted by molar-refractivity contribution is 6.43. The Kier molecular flexibility index (Phi) is 3.70. The standard InChI is InChI=1S/C10H7Cl2NO5/c11-7-1-5(2-8(9(7)12)13(15)16)10(14)18-6-3-17-4-6/h1-2,6H,3-4H2. The minimum Gasteiger partial charge on any atom is -0.454 e. The van der Waals surface area contributed by atoms with Crippen molar-refractivity contribution in [2.24, 2.45) is 0 Å². The van der Waals surface area contributed by atoms with E-state index in [9.17, 15) is 14.9 Å². The van der Waals surface area contributed by atoms with E-state index in [1.54, 1.807) is 0 Å². The zero-order chi connectivity index (χ0) is 13.3. The van der Waals surface area contributed by atoms with Crippen LogP contribution in [0.2, 0.25) is 10.0 Å². The fraction of sp³-hybridized carbons (Fsp3) is 0.300. The van der Waals surface area contributed by atoms with Gasteiger partial charge in [0.15, 0.2) is 0 Å². The summed E-state index contributed by atoms with van der Waals surface area (Å²) >= 11 is 11.4. The third-order valence-corrected chi connectivity index (χ3v) is 3.11. The number of carbonyl (C=O) groups excluding carboxylic acids is 1. The van der Waals surface area contributed by atoms with Crippen molar-refractivity contribution in [3.05, 3.63) is 37.9 Å². The van der Waals surface area contributed by atoms with E-state index < -0.39 is 16.6 Å². The molecule has 0 saturated carbocycles. The minimum absolute atomic E-state index is 0.0111. The number of esters is 1. The molecule has 0 unspecified atom stereocenters. The highest BCUT2D eigenvalue weighted by atomic mass is 35.5. The third-order valence-electron chi connectivity index (χ3n) is 2.32. The van der Waals surface area contributed by atoms with Gasteiger partial charge in [0.25, 0.3) is 5.69 Å². The first kappa shape index (κ1) is 13.1. The molecule has 1 aliphatic heterocycles. The number of benzene rings is 1. The summed E-state index contributed by atoms with van der Waals surface area (Å²) < 4.78 is 9.86. The highest BCUT2D eigenvalue weighted by Gasteiger charge is 2.26. The molecule has 0 aliphatic carbocycles. The lowest BCUT2D eigenvalue weighted by molar-refractivity contribution is -0.384. The van der Waals surface area contributed by atoms with Crippen molar-refractivity contribution in [2.45, 2.75) is 6.10 Å². The van der Waals surface area contributed by atoms with E-state index >= 15 is 0 Å². The van der Waals surface area contributed by atoms with E-state index in [1.807, 2.05) is 0 Å². The summed E-state index contributed by atoms with van der Waals surface area (Å²) in [4.78, 5) is 21.7. The van der Waals surface area contributed by atoms with Gasteiger partial charge in [0, 0.05) is 6.07 Å². The molecule has 0 bridgehead atoms. The maximum absolute atomic E-state index is 11.7. The largest absolute Gasteiger partial charge is 0.454 e. The van der Waals surface area contributed by atoms with E-state index in [0.29, 0.717) is 13.2 Å². The number of halogens is 2. The molecule has 0 amide bonds. The van der Waals surface area contributed by atoms with Crippen molar-refractivity contribution in [1.82, 2.24) is 0 Å². The fourth-order valence-electron chi connectivity index (χ4n) is 1.33. The van der Waals surface area contributed by atoms with E-state index in [0.717, 1.165) is 6.07 Å². The van der Waals surface area contributed by atoms with Gasteiger partial charge >= 0.3 is 5.97 Å².